The average molecular weight is 823 g/mol. The van der Waals surface area contributed by atoms with Crippen LogP contribution in [-0.4, -0.2) is 19.1 Å². The molecule has 14 rings (SSSR count). The van der Waals surface area contributed by atoms with Crippen LogP contribution in [0.5, 0.6) is 23.0 Å². The van der Waals surface area contributed by atoms with Gasteiger partial charge >= 0.3 is 0 Å². The van der Waals surface area contributed by atoms with Gasteiger partial charge in [0.05, 0.1) is 56.2 Å². The minimum atomic E-state index is 0.793. The molecule has 0 atom stereocenters. The first-order valence-corrected chi connectivity index (χ1v) is 21.4. The number of nitrogens with zero attached hydrogens (tertiary/aromatic N) is 6. The molecule has 8 aromatic carbocycles. The Kier molecular flexibility index (Phi) is 7.23. The summed E-state index contributed by atoms with van der Waals surface area (Å²) in [5, 5.41) is 6.74. The number of benzene rings is 8. The van der Waals surface area contributed by atoms with E-state index in [0.29, 0.717) is 0 Å². The maximum atomic E-state index is 6.82. The molecule has 2 aliphatic rings. The first kappa shape index (κ1) is 34.8. The van der Waals surface area contributed by atoms with Crippen LogP contribution in [0.4, 0.5) is 34.1 Å². The number of hydrogen-bond acceptors (Lipinski definition) is 6. The summed E-state index contributed by atoms with van der Waals surface area (Å²) in [7, 11) is 0. The van der Waals surface area contributed by atoms with E-state index in [4.69, 9.17) is 9.47 Å². The molecule has 0 radical (unpaired) electrons. The third-order valence-electron chi connectivity index (χ3n) is 12.8. The van der Waals surface area contributed by atoms with Gasteiger partial charge in [-0.05, 0) is 97.1 Å². The first-order valence-electron chi connectivity index (χ1n) is 21.4. The van der Waals surface area contributed by atoms with Gasteiger partial charge in [0.15, 0.2) is 23.0 Å². The van der Waals surface area contributed by atoms with Crippen molar-refractivity contribution in [2.24, 2.45) is 0 Å². The monoisotopic (exact) mass is 822 g/mol. The molecule has 300 valence electrons. The van der Waals surface area contributed by atoms with E-state index in [1.165, 1.54) is 0 Å². The van der Waals surface area contributed by atoms with Crippen molar-refractivity contribution in [1.82, 2.24) is 19.1 Å². The van der Waals surface area contributed by atoms with Crippen LogP contribution in [0, 0.1) is 0 Å². The molecule has 0 saturated heterocycles. The maximum absolute atomic E-state index is 6.82. The smallest absolute Gasteiger partial charge is 0.152 e. The molecule has 8 heteroatoms. The lowest BCUT2D eigenvalue weighted by Crippen LogP contribution is -2.17. The van der Waals surface area contributed by atoms with Crippen molar-refractivity contribution >= 4 is 88.5 Å². The molecule has 64 heavy (non-hydrogen) atoms. The summed E-state index contributed by atoms with van der Waals surface area (Å²) in [5.41, 5.74) is 12.4. The topological polar surface area (TPSA) is 60.6 Å². The third kappa shape index (κ3) is 4.93. The number of rotatable bonds is 4. The van der Waals surface area contributed by atoms with Crippen molar-refractivity contribution in [2.45, 2.75) is 0 Å². The fourth-order valence-corrected chi connectivity index (χ4v) is 10.2. The zero-order valence-electron chi connectivity index (χ0n) is 34.1. The van der Waals surface area contributed by atoms with E-state index in [0.717, 1.165) is 123 Å². The van der Waals surface area contributed by atoms with Crippen LogP contribution >= 0.6 is 0 Å². The van der Waals surface area contributed by atoms with E-state index in [-0.39, 0.29) is 0 Å². The van der Waals surface area contributed by atoms with Crippen LogP contribution in [-0.2, 0) is 0 Å². The van der Waals surface area contributed by atoms with Gasteiger partial charge in [-0.3, -0.25) is 9.97 Å². The molecular weight excluding hydrogens is 789 g/mol. The third-order valence-corrected chi connectivity index (χ3v) is 12.8. The fourth-order valence-electron chi connectivity index (χ4n) is 10.2. The molecule has 8 nitrogen and oxygen atoms in total. The van der Waals surface area contributed by atoms with Crippen LogP contribution < -0.4 is 19.3 Å². The van der Waals surface area contributed by atoms with Gasteiger partial charge in [0.1, 0.15) is 0 Å². The maximum Gasteiger partial charge on any atom is 0.152 e. The Bertz CT molecular complexity index is 3620. The molecule has 2 aliphatic heterocycles. The molecule has 0 unspecified atom stereocenters. The lowest BCUT2D eigenvalue weighted by Gasteiger charge is -2.35. The van der Waals surface area contributed by atoms with E-state index in [1.54, 1.807) is 0 Å². The van der Waals surface area contributed by atoms with E-state index < -0.39 is 0 Å². The van der Waals surface area contributed by atoms with Gasteiger partial charge in [0, 0.05) is 68.5 Å². The number of fused-ring (bicyclic) bond motifs is 11. The predicted molar refractivity (Wildman–Crippen MR) is 258 cm³/mol. The average Bonchev–Trinajstić information content (AvgIpc) is 3.85. The molecule has 4 aromatic heterocycles. The summed E-state index contributed by atoms with van der Waals surface area (Å²) in [6.07, 6.45) is 7.40. The number of para-hydroxylation sites is 6. The molecule has 12 aromatic rings. The Morgan fingerprint density at radius 2 is 0.672 bits per heavy atom. The van der Waals surface area contributed by atoms with E-state index in [9.17, 15) is 0 Å². The van der Waals surface area contributed by atoms with Gasteiger partial charge in [0.25, 0.3) is 0 Å². The van der Waals surface area contributed by atoms with Crippen molar-refractivity contribution in [1.29, 1.82) is 0 Å². The van der Waals surface area contributed by atoms with Crippen molar-refractivity contribution < 1.29 is 9.47 Å². The SMILES string of the molecule is c1ccc2c(c1)Oc1cc3c4ccccc4n(-c4ccncc4)c3cc1N2c1cccc2c(N3c4ccccc4Oc4cc5c6ccccc6n(-c6ccncc6)c5cc43)cccc12. The van der Waals surface area contributed by atoms with E-state index in [2.05, 4.69) is 199 Å². The summed E-state index contributed by atoms with van der Waals surface area (Å²) in [6, 6.07) is 64.2. The molecule has 0 fully saturated rings. The Hall–Kier alpha value is -8.88. The standard InChI is InChI=1S/C56H34N6O2/c1-3-15-43-39(11-1)41-31-55-51(33-49(41)59(43)35-23-27-57-28-24-35)61(47-17-5-7-21-53(47)63-55)45-19-9-14-38-37(45)13-10-20-46(38)62-48-18-6-8-22-54(48)64-56-32-42-40-12-2-4-16-44(40)60(50(42)34-52(56)62)36-25-29-58-30-26-36/h1-34H. The number of pyridine rings is 2. The quantitative estimate of drug-likeness (QED) is 0.176. The van der Waals surface area contributed by atoms with Crippen molar-refractivity contribution in [3.05, 3.63) is 207 Å². The molecule has 0 spiro atoms. The van der Waals surface area contributed by atoms with Gasteiger partial charge in [-0.1, -0.05) is 84.9 Å². The van der Waals surface area contributed by atoms with Crippen LogP contribution in [0.2, 0.25) is 0 Å². The summed E-state index contributed by atoms with van der Waals surface area (Å²) >= 11 is 0. The number of hydrogen-bond donors (Lipinski definition) is 0. The Labute approximate surface area is 366 Å². The Morgan fingerprint density at radius 3 is 1.14 bits per heavy atom. The lowest BCUT2D eigenvalue weighted by molar-refractivity contribution is 0.477. The van der Waals surface area contributed by atoms with Crippen molar-refractivity contribution in [2.75, 3.05) is 9.80 Å². The highest BCUT2D eigenvalue weighted by Gasteiger charge is 2.32. The number of anilines is 6. The fraction of sp³-hybridized carbons (Fsp3) is 0. The minimum absolute atomic E-state index is 0.793. The summed E-state index contributed by atoms with van der Waals surface area (Å²) < 4.78 is 18.3. The Balaban J connectivity index is 1.01. The normalized spacial score (nSPS) is 12.9. The molecular formula is C56H34N6O2. The summed E-state index contributed by atoms with van der Waals surface area (Å²) in [6.45, 7) is 0. The molecule has 0 bridgehead atoms. The van der Waals surface area contributed by atoms with Crippen molar-refractivity contribution in [3.8, 4) is 34.4 Å². The van der Waals surface area contributed by atoms with Gasteiger partial charge in [0.2, 0.25) is 0 Å². The minimum Gasteiger partial charge on any atom is -0.453 e. The van der Waals surface area contributed by atoms with Gasteiger partial charge in [-0.2, -0.15) is 0 Å². The second-order valence-electron chi connectivity index (χ2n) is 16.2. The number of aromatic nitrogens is 4. The second kappa shape index (κ2) is 13.3. The van der Waals surface area contributed by atoms with Crippen LogP contribution in [0.25, 0.3) is 65.8 Å². The second-order valence-corrected chi connectivity index (χ2v) is 16.2. The van der Waals surface area contributed by atoms with Gasteiger partial charge in [-0.15, -0.1) is 0 Å². The zero-order chi connectivity index (χ0) is 41.9. The first-order chi connectivity index (χ1) is 31.8. The van der Waals surface area contributed by atoms with E-state index in [1.807, 2.05) is 36.9 Å². The summed E-state index contributed by atoms with van der Waals surface area (Å²) in [4.78, 5) is 13.4. The van der Waals surface area contributed by atoms with Crippen LogP contribution in [0.1, 0.15) is 0 Å². The Morgan fingerprint density at radius 1 is 0.281 bits per heavy atom. The zero-order valence-corrected chi connectivity index (χ0v) is 34.1. The summed E-state index contributed by atoms with van der Waals surface area (Å²) in [5.74, 6) is 3.18. The highest BCUT2D eigenvalue weighted by Crippen LogP contribution is 2.57. The predicted octanol–water partition coefficient (Wildman–Crippen LogP) is 15.0. The van der Waals surface area contributed by atoms with E-state index >= 15 is 0 Å². The highest BCUT2D eigenvalue weighted by molar-refractivity contribution is 6.15. The lowest BCUT2D eigenvalue weighted by atomic mass is 10.0. The van der Waals surface area contributed by atoms with Crippen LogP contribution in [0.15, 0.2) is 207 Å². The van der Waals surface area contributed by atoms with Crippen LogP contribution in [0.3, 0.4) is 0 Å². The molecule has 0 aliphatic carbocycles. The van der Waals surface area contributed by atoms with Gasteiger partial charge < -0.3 is 28.4 Å². The molecule has 0 N–H and O–H groups in total. The molecule has 0 saturated carbocycles. The van der Waals surface area contributed by atoms with Gasteiger partial charge in [-0.25, -0.2) is 0 Å². The largest absolute Gasteiger partial charge is 0.453 e. The molecule has 0 amide bonds. The number of ether oxygens (including phenoxy) is 2. The van der Waals surface area contributed by atoms with Crippen molar-refractivity contribution in [3.63, 3.8) is 0 Å². The highest BCUT2D eigenvalue weighted by atomic mass is 16.5. The molecule has 6 heterocycles.